The molecule has 1 amide bonds. The minimum absolute atomic E-state index is 0.0151. The second-order valence-electron chi connectivity index (χ2n) is 7.25. The molecule has 3 aromatic rings. The minimum atomic E-state index is -1.58. The maximum atomic E-state index is 14.3. The van der Waals surface area contributed by atoms with Crippen molar-refractivity contribution in [2.75, 3.05) is 11.7 Å². The zero-order valence-electron chi connectivity index (χ0n) is 16.5. The van der Waals surface area contributed by atoms with Crippen molar-refractivity contribution in [2.45, 2.75) is 13.1 Å². The summed E-state index contributed by atoms with van der Waals surface area (Å²) < 4.78 is 28.6. The average Bonchev–Trinajstić information content (AvgIpc) is 2.76. The van der Waals surface area contributed by atoms with Crippen LogP contribution >= 0.6 is 0 Å². The molecule has 0 atom stereocenters. The molecule has 1 aliphatic heterocycles. The zero-order valence-corrected chi connectivity index (χ0v) is 16.5. The number of carbonyl (C=O) groups is 2. The molecular weight excluding hydrogens is 424 g/mol. The fourth-order valence-electron chi connectivity index (χ4n) is 3.52. The van der Waals surface area contributed by atoms with Crippen LogP contribution in [0.1, 0.15) is 32.0 Å². The molecule has 2 aromatic carbocycles. The lowest BCUT2D eigenvalue weighted by molar-refractivity contribution is 0.0654. The van der Waals surface area contributed by atoms with Crippen LogP contribution in [-0.4, -0.2) is 38.3 Å². The number of benzene rings is 2. The quantitative estimate of drug-likeness (QED) is 0.630. The molecule has 0 spiro atoms. The summed E-state index contributed by atoms with van der Waals surface area (Å²) in [6.45, 7) is -0.186. The Balaban J connectivity index is 1.81. The second-order valence-corrected chi connectivity index (χ2v) is 7.25. The maximum absolute atomic E-state index is 14.3. The van der Waals surface area contributed by atoms with E-state index in [2.05, 4.69) is 0 Å². The van der Waals surface area contributed by atoms with E-state index in [4.69, 9.17) is 0 Å². The molecule has 164 valence electrons. The van der Waals surface area contributed by atoms with Gasteiger partial charge in [-0.1, -0.05) is 30.3 Å². The van der Waals surface area contributed by atoms with Gasteiger partial charge in [0.1, 0.15) is 23.9 Å². The Bertz CT molecular complexity index is 1270. The van der Waals surface area contributed by atoms with Gasteiger partial charge in [-0.15, -0.1) is 0 Å². The van der Waals surface area contributed by atoms with E-state index in [9.17, 15) is 33.4 Å². The normalized spacial score (nSPS) is 13.2. The molecule has 1 aromatic heterocycles. The highest BCUT2D eigenvalue weighted by atomic mass is 19.1. The lowest BCUT2D eigenvalue weighted by Crippen LogP contribution is -2.53. The third-order valence-electron chi connectivity index (χ3n) is 5.12. The Labute approximate surface area is 180 Å². The number of halogens is 2. The number of aromatic nitrogens is 1. The summed E-state index contributed by atoms with van der Waals surface area (Å²) in [5.74, 6) is -4.29. The Morgan fingerprint density at radius 2 is 1.69 bits per heavy atom. The van der Waals surface area contributed by atoms with Crippen molar-refractivity contribution in [3.63, 3.8) is 0 Å². The molecule has 1 aliphatic rings. The number of rotatable bonds is 5. The number of carboxylic acids is 1. The minimum Gasteiger partial charge on any atom is -0.502 e. The Morgan fingerprint density at radius 1 is 1.00 bits per heavy atom. The summed E-state index contributed by atoms with van der Waals surface area (Å²) in [6, 6.07) is 11.3. The molecule has 0 saturated heterocycles. The van der Waals surface area contributed by atoms with E-state index >= 15 is 0 Å². The average molecular weight is 441 g/mol. The largest absolute Gasteiger partial charge is 0.502 e. The lowest BCUT2D eigenvalue weighted by Gasteiger charge is -2.40. The van der Waals surface area contributed by atoms with Gasteiger partial charge >= 0.3 is 5.97 Å². The fraction of sp³-hybridized carbons (Fsp3) is 0.136. The second kappa shape index (κ2) is 8.14. The highest BCUT2D eigenvalue weighted by molar-refractivity contribution is 5.97. The van der Waals surface area contributed by atoms with Gasteiger partial charge in [-0.2, -0.15) is 0 Å². The topological polar surface area (TPSA) is 103 Å². The van der Waals surface area contributed by atoms with Crippen LogP contribution in [0.25, 0.3) is 0 Å². The Morgan fingerprint density at radius 3 is 2.34 bits per heavy atom. The first-order valence-electron chi connectivity index (χ1n) is 9.50. The summed E-state index contributed by atoms with van der Waals surface area (Å²) in [6.07, 6.45) is 0.938. The number of aromatic carboxylic acids is 1. The van der Waals surface area contributed by atoms with Gasteiger partial charge in [-0.25, -0.2) is 13.6 Å². The van der Waals surface area contributed by atoms with E-state index in [-0.39, 0.29) is 25.3 Å². The number of nitrogens with zero attached hydrogens (tertiary/aromatic N) is 3. The summed E-state index contributed by atoms with van der Waals surface area (Å²) in [4.78, 5) is 38.2. The van der Waals surface area contributed by atoms with Crippen molar-refractivity contribution in [3.8, 4) is 5.75 Å². The van der Waals surface area contributed by atoms with Crippen LogP contribution in [-0.2, 0) is 13.1 Å². The number of amides is 1. The van der Waals surface area contributed by atoms with Gasteiger partial charge in [0, 0.05) is 18.3 Å². The summed E-state index contributed by atoms with van der Waals surface area (Å²) >= 11 is 0. The Kier molecular flexibility index (Phi) is 5.35. The van der Waals surface area contributed by atoms with Crippen molar-refractivity contribution in [1.29, 1.82) is 0 Å². The van der Waals surface area contributed by atoms with Gasteiger partial charge in [0.25, 0.3) is 5.91 Å². The standard InChI is InChI=1S/C22H17F2N3O5/c23-15-7-5-13(6-8-15)9-25-12-26(10-14-3-1-2-4-17(14)24)27-11-16(22(31)32)19(28)20(29)18(27)21(25)30/h1-8,11,29H,9-10,12H2,(H,31,32). The van der Waals surface area contributed by atoms with Crippen LogP contribution in [0.5, 0.6) is 5.75 Å². The molecule has 0 bridgehead atoms. The van der Waals surface area contributed by atoms with E-state index in [0.29, 0.717) is 5.56 Å². The smallest absolute Gasteiger partial charge is 0.341 e. The third kappa shape index (κ3) is 3.78. The van der Waals surface area contributed by atoms with Crippen LogP contribution in [0.2, 0.25) is 0 Å². The van der Waals surface area contributed by atoms with Crippen molar-refractivity contribution in [2.24, 2.45) is 0 Å². The number of carboxylic acid groups (broad SMARTS) is 1. The molecule has 0 aliphatic carbocycles. The molecule has 4 rings (SSSR count). The highest BCUT2D eigenvalue weighted by Crippen LogP contribution is 2.24. The molecular formula is C22H17F2N3O5. The van der Waals surface area contributed by atoms with E-state index in [1.165, 1.54) is 52.4 Å². The molecule has 0 unspecified atom stereocenters. The van der Waals surface area contributed by atoms with Gasteiger partial charge < -0.3 is 15.1 Å². The molecule has 0 fully saturated rings. The number of carbonyl (C=O) groups excluding carboxylic acids is 1. The third-order valence-corrected chi connectivity index (χ3v) is 5.12. The molecule has 8 nitrogen and oxygen atoms in total. The predicted octanol–water partition coefficient (Wildman–Crippen LogP) is 2.28. The first-order chi connectivity index (χ1) is 15.3. The molecule has 10 heteroatoms. The van der Waals surface area contributed by atoms with Gasteiger partial charge in [0.2, 0.25) is 5.43 Å². The van der Waals surface area contributed by atoms with Crippen molar-refractivity contribution >= 4 is 11.9 Å². The molecule has 2 heterocycles. The number of hydrogen-bond acceptors (Lipinski definition) is 5. The van der Waals surface area contributed by atoms with Crippen LogP contribution in [0.3, 0.4) is 0 Å². The summed E-state index contributed by atoms with van der Waals surface area (Å²) in [5, 5.41) is 21.1. The van der Waals surface area contributed by atoms with Crippen LogP contribution < -0.4 is 10.4 Å². The highest BCUT2D eigenvalue weighted by Gasteiger charge is 2.34. The van der Waals surface area contributed by atoms with Gasteiger partial charge in [-0.3, -0.25) is 19.3 Å². The first kappa shape index (κ1) is 21.0. The van der Waals surface area contributed by atoms with E-state index < -0.39 is 45.9 Å². The SMILES string of the molecule is O=C(O)c1cn2c(c(O)c1=O)C(=O)N(Cc1ccc(F)cc1)CN2Cc1ccccc1F. The fourth-order valence-corrected chi connectivity index (χ4v) is 3.52. The zero-order chi connectivity index (χ0) is 23.0. The van der Waals surface area contributed by atoms with Crippen molar-refractivity contribution in [3.05, 3.63) is 99.0 Å². The van der Waals surface area contributed by atoms with E-state index in [1.807, 2.05) is 0 Å². The molecule has 0 saturated carbocycles. The van der Waals surface area contributed by atoms with E-state index in [0.717, 1.165) is 10.9 Å². The van der Waals surface area contributed by atoms with Gasteiger partial charge in [0.15, 0.2) is 11.4 Å². The van der Waals surface area contributed by atoms with Gasteiger partial charge in [0.05, 0.1) is 6.54 Å². The number of hydrogen-bond donors (Lipinski definition) is 2. The molecule has 32 heavy (non-hydrogen) atoms. The summed E-state index contributed by atoms with van der Waals surface area (Å²) in [7, 11) is 0. The Hall–Kier alpha value is -4.21. The van der Waals surface area contributed by atoms with Crippen molar-refractivity contribution < 1.29 is 28.6 Å². The van der Waals surface area contributed by atoms with Crippen LogP contribution in [0.4, 0.5) is 8.78 Å². The number of aromatic hydroxyl groups is 1. The predicted molar refractivity (Wildman–Crippen MR) is 109 cm³/mol. The molecule has 0 radical (unpaired) electrons. The monoisotopic (exact) mass is 441 g/mol. The first-order valence-corrected chi connectivity index (χ1v) is 9.50. The van der Waals surface area contributed by atoms with Crippen LogP contribution in [0, 0.1) is 11.6 Å². The van der Waals surface area contributed by atoms with Crippen LogP contribution in [0.15, 0.2) is 59.5 Å². The van der Waals surface area contributed by atoms with Crippen molar-refractivity contribution in [1.82, 2.24) is 9.58 Å². The maximum Gasteiger partial charge on any atom is 0.341 e. The lowest BCUT2D eigenvalue weighted by atomic mass is 10.1. The number of pyridine rings is 1. The summed E-state index contributed by atoms with van der Waals surface area (Å²) in [5.41, 5.74) is -1.53. The molecule has 2 N–H and O–H groups in total. The van der Waals surface area contributed by atoms with E-state index in [1.54, 1.807) is 6.07 Å². The van der Waals surface area contributed by atoms with Gasteiger partial charge in [-0.05, 0) is 23.8 Å². The number of fused-ring (bicyclic) bond motifs is 1.